The second kappa shape index (κ2) is 11.6. The molecule has 1 aliphatic carbocycles. The first-order chi connectivity index (χ1) is 17.3. The van der Waals surface area contributed by atoms with Crippen LogP contribution in [0.3, 0.4) is 0 Å². The van der Waals surface area contributed by atoms with Gasteiger partial charge in [-0.2, -0.15) is 0 Å². The Morgan fingerprint density at radius 2 is 1.56 bits per heavy atom. The molecule has 1 heterocycles. The highest BCUT2D eigenvalue weighted by molar-refractivity contribution is 5.97. The van der Waals surface area contributed by atoms with Crippen LogP contribution in [0, 0.1) is 11.6 Å². The summed E-state index contributed by atoms with van der Waals surface area (Å²) in [6.45, 7) is 2.66. The average Bonchev–Trinajstić information content (AvgIpc) is 3.63. The van der Waals surface area contributed by atoms with Gasteiger partial charge in [0.15, 0.2) is 0 Å². The van der Waals surface area contributed by atoms with Crippen LogP contribution in [0.2, 0.25) is 0 Å². The number of hydrogen-bond donors (Lipinski definition) is 2. The summed E-state index contributed by atoms with van der Waals surface area (Å²) in [5.41, 5.74) is 1.27. The summed E-state index contributed by atoms with van der Waals surface area (Å²) in [4.78, 5) is 42.3. The highest BCUT2D eigenvalue weighted by Crippen LogP contribution is 2.40. The largest absolute Gasteiger partial charge is 0.353 e. The molecule has 2 N–H and O–H groups in total. The van der Waals surface area contributed by atoms with Crippen LogP contribution in [0.4, 0.5) is 8.78 Å². The maximum Gasteiger partial charge on any atom is 0.251 e. The van der Waals surface area contributed by atoms with Crippen LogP contribution >= 0.6 is 0 Å². The summed E-state index contributed by atoms with van der Waals surface area (Å²) < 4.78 is 26.4. The molecule has 2 aromatic carbocycles. The molecule has 1 saturated carbocycles. The van der Waals surface area contributed by atoms with Crippen LogP contribution < -0.4 is 10.6 Å². The Labute approximate surface area is 209 Å². The molecule has 2 fully saturated rings. The van der Waals surface area contributed by atoms with Crippen molar-refractivity contribution in [1.82, 2.24) is 20.4 Å². The van der Waals surface area contributed by atoms with Gasteiger partial charge < -0.3 is 20.4 Å². The van der Waals surface area contributed by atoms with E-state index in [1.807, 2.05) is 7.05 Å². The number of carbonyl (C=O) groups excluding carboxylic acids is 3. The number of carbonyl (C=O) groups is 3. The maximum atomic E-state index is 13.2. The lowest BCUT2D eigenvalue weighted by Crippen LogP contribution is -2.54. The number of hydrogen-bond acceptors (Lipinski definition) is 4. The van der Waals surface area contributed by atoms with Gasteiger partial charge in [-0.15, -0.1) is 0 Å². The summed E-state index contributed by atoms with van der Waals surface area (Å²) in [5, 5.41) is 5.80. The quantitative estimate of drug-likeness (QED) is 0.557. The fourth-order valence-electron chi connectivity index (χ4n) is 4.53. The van der Waals surface area contributed by atoms with Crippen molar-refractivity contribution in [3.8, 4) is 0 Å². The smallest absolute Gasteiger partial charge is 0.251 e. The predicted octanol–water partition coefficient (Wildman–Crippen LogP) is 2.68. The molecule has 0 aromatic heterocycles. The first-order valence-corrected chi connectivity index (χ1v) is 12.4. The van der Waals surface area contributed by atoms with Crippen molar-refractivity contribution in [2.75, 3.05) is 33.2 Å². The molecule has 4 rings (SSSR count). The van der Waals surface area contributed by atoms with Crippen molar-refractivity contribution in [2.24, 2.45) is 0 Å². The third-order valence-corrected chi connectivity index (χ3v) is 6.86. The molecule has 1 aliphatic heterocycles. The van der Waals surface area contributed by atoms with Gasteiger partial charge in [-0.25, -0.2) is 8.78 Å². The molecule has 9 heteroatoms. The van der Waals surface area contributed by atoms with Gasteiger partial charge in [0.05, 0.1) is 0 Å². The molecule has 0 spiro atoms. The van der Waals surface area contributed by atoms with Crippen LogP contribution in [0.25, 0.3) is 0 Å². The summed E-state index contributed by atoms with van der Waals surface area (Å²) in [7, 11) is 1.99. The van der Waals surface area contributed by atoms with Gasteiger partial charge in [-0.05, 0) is 68.3 Å². The second-order valence-corrected chi connectivity index (χ2v) is 9.62. The molecule has 3 unspecified atom stereocenters. The molecule has 3 amide bonds. The number of nitrogens with one attached hydrogen (secondary N) is 2. The van der Waals surface area contributed by atoms with Gasteiger partial charge in [0.2, 0.25) is 11.8 Å². The van der Waals surface area contributed by atoms with Gasteiger partial charge in [0.1, 0.15) is 17.7 Å². The lowest BCUT2D eigenvalue weighted by Gasteiger charge is -2.34. The van der Waals surface area contributed by atoms with Crippen LogP contribution in [0.15, 0.2) is 48.5 Å². The third-order valence-electron chi connectivity index (χ3n) is 6.86. The average molecular weight is 499 g/mol. The molecule has 7 nitrogen and oxygen atoms in total. The number of amides is 3. The SMILES string of the molecule is CN1CCN(C(=O)C(CCCC(=O)NC2CC2c2ccc(F)cc2)NC(=O)c2ccc(F)cc2)CC1. The van der Waals surface area contributed by atoms with E-state index in [0.29, 0.717) is 25.9 Å². The molecule has 2 aromatic rings. The number of piperazine rings is 1. The Bertz CT molecular complexity index is 1070. The molecule has 192 valence electrons. The zero-order chi connectivity index (χ0) is 25.7. The van der Waals surface area contributed by atoms with E-state index in [-0.39, 0.29) is 41.6 Å². The van der Waals surface area contributed by atoms with Crippen molar-refractivity contribution in [1.29, 1.82) is 0 Å². The van der Waals surface area contributed by atoms with E-state index in [0.717, 1.165) is 25.1 Å². The minimum atomic E-state index is -0.772. The van der Waals surface area contributed by atoms with E-state index in [4.69, 9.17) is 0 Å². The number of benzene rings is 2. The van der Waals surface area contributed by atoms with Crippen molar-refractivity contribution < 1.29 is 23.2 Å². The van der Waals surface area contributed by atoms with Gasteiger partial charge in [-0.1, -0.05) is 12.1 Å². The molecule has 2 aliphatic rings. The van der Waals surface area contributed by atoms with Crippen LogP contribution in [-0.4, -0.2) is 72.8 Å². The number of rotatable bonds is 9. The zero-order valence-corrected chi connectivity index (χ0v) is 20.4. The lowest BCUT2D eigenvalue weighted by atomic mass is 10.1. The highest BCUT2D eigenvalue weighted by atomic mass is 19.1. The molecule has 36 heavy (non-hydrogen) atoms. The Morgan fingerprint density at radius 3 is 2.19 bits per heavy atom. The van der Waals surface area contributed by atoms with E-state index in [2.05, 4.69) is 15.5 Å². The molecule has 0 radical (unpaired) electrons. The Hall–Kier alpha value is -3.33. The van der Waals surface area contributed by atoms with Crippen molar-refractivity contribution in [3.05, 3.63) is 71.3 Å². The first kappa shape index (κ1) is 25.8. The van der Waals surface area contributed by atoms with E-state index >= 15 is 0 Å². The highest BCUT2D eigenvalue weighted by Gasteiger charge is 2.39. The Morgan fingerprint density at radius 1 is 0.944 bits per heavy atom. The molecular formula is C27H32F2N4O3. The fourth-order valence-corrected chi connectivity index (χ4v) is 4.53. The maximum absolute atomic E-state index is 13.2. The Kier molecular flexibility index (Phi) is 8.30. The second-order valence-electron chi connectivity index (χ2n) is 9.62. The summed E-state index contributed by atoms with van der Waals surface area (Å²) >= 11 is 0. The van der Waals surface area contributed by atoms with Crippen LogP contribution in [0.5, 0.6) is 0 Å². The molecule has 3 atom stereocenters. The molecule has 1 saturated heterocycles. The lowest BCUT2D eigenvalue weighted by molar-refractivity contribution is -0.135. The van der Waals surface area contributed by atoms with E-state index in [1.165, 1.54) is 36.4 Å². The molecule has 0 bridgehead atoms. The van der Waals surface area contributed by atoms with Gasteiger partial charge >= 0.3 is 0 Å². The topological polar surface area (TPSA) is 81.8 Å². The summed E-state index contributed by atoms with van der Waals surface area (Å²) in [6, 6.07) is 10.7. The van der Waals surface area contributed by atoms with Gasteiger partial charge in [0.25, 0.3) is 5.91 Å². The van der Waals surface area contributed by atoms with Gasteiger partial charge in [-0.3, -0.25) is 14.4 Å². The third kappa shape index (κ3) is 6.87. The number of likely N-dealkylation sites (N-methyl/N-ethyl adjacent to an activating group) is 1. The monoisotopic (exact) mass is 498 g/mol. The Balaban J connectivity index is 1.30. The van der Waals surface area contributed by atoms with Gasteiger partial charge in [0, 0.05) is 50.1 Å². The molecular weight excluding hydrogens is 466 g/mol. The zero-order valence-electron chi connectivity index (χ0n) is 20.4. The van der Waals surface area contributed by atoms with Crippen molar-refractivity contribution in [3.63, 3.8) is 0 Å². The minimum absolute atomic E-state index is 0.0314. The number of nitrogens with zero attached hydrogens (tertiary/aromatic N) is 2. The van der Waals surface area contributed by atoms with Crippen molar-refractivity contribution >= 4 is 17.7 Å². The van der Waals surface area contributed by atoms with E-state index in [1.54, 1.807) is 17.0 Å². The normalized spacial score (nSPS) is 20.5. The van der Waals surface area contributed by atoms with Crippen molar-refractivity contribution in [2.45, 2.75) is 43.7 Å². The predicted molar refractivity (Wildman–Crippen MR) is 131 cm³/mol. The minimum Gasteiger partial charge on any atom is -0.353 e. The summed E-state index contributed by atoms with van der Waals surface area (Å²) in [5.74, 6) is -1.27. The standard InChI is InChI=1S/C27H32F2N4O3/c1-32-13-15-33(16-14-32)27(36)23(31-26(35)19-7-11-21(29)12-8-19)3-2-4-25(34)30-24-17-22(24)18-5-9-20(28)10-6-18/h5-12,22-24H,2-4,13-17H2,1H3,(H,30,34)(H,31,35). The first-order valence-electron chi connectivity index (χ1n) is 12.4. The number of halogens is 2. The van der Waals surface area contributed by atoms with Crippen LogP contribution in [-0.2, 0) is 9.59 Å². The van der Waals surface area contributed by atoms with Crippen LogP contribution in [0.1, 0.15) is 47.5 Å². The van der Waals surface area contributed by atoms with E-state index < -0.39 is 17.8 Å². The summed E-state index contributed by atoms with van der Waals surface area (Å²) in [6.07, 6.45) is 1.78. The van der Waals surface area contributed by atoms with E-state index in [9.17, 15) is 23.2 Å². The fraction of sp³-hybridized carbons (Fsp3) is 0.444.